The minimum absolute atomic E-state index is 0.0777. The van der Waals surface area contributed by atoms with Gasteiger partial charge in [0.2, 0.25) is 0 Å². The van der Waals surface area contributed by atoms with Gasteiger partial charge in [0.25, 0.3) is 0 Å². The molecule has 0 atom stereocenters. The van der Waals surface area contributed by atoms with Gasteiger partial charge in [-0.3, -0.25) is 4.79 Å². The number of Topliss-reactive ketones (excluding diaryl/α,β-unsaturated/α-hetero) is 1. The molecule has 5 heteroatoms. The third kappa shape index (κ3) is 3.20. The molecule has 2 heterocycles. The van der Waals surface area contributed by atoms with Crippen molar-refractivity contribution in [2.75, 3.05) is 0 Å². The fourth-order valence-corrected chi connectivity index (χ4v) is 2.86. The molecule has 2 rings (SSSR count). The van der Waals surface area contributed by atoms with Gasteiger partial charge in [0.05, 0.1) is 20.8 Å². The summed E-state index contributed by atoms with van der Waals surface area (Å²) < 4.78 is 1.07. The molecule has 0 saturated carbocycles. The Morgan fingerprint density at radius 2 is 2.18 bits per heavy atom. The minimum atomic E-state index is 0.0777. The summed E-state index contributed by atoms with van der Waals surface area (Å²) in [5, 5.41) is 0. The molecule has 0 aliphatic carbocycles. The molecular formula is C12H11BrN2OS. The van der Waals surface area contributed by atoms with Crippen molar-refractivity contribution in [3.05, 3.63) is 33.5 Å². The van der Waals surface area contributed by atoms with Gasteiger partial charge in [-0.25, -0.2) is 9.97 Å². The zero-order valence-electron chi connectivity index (χ0n) is 9.53. The number of hydrogen-bond acceptors (Lipinski definition) is 4. The smallest absolute Gasteiger partial charge is 0.137 e. The summed E-state index contributed by atoms with van der Waals surface area (Å²) in [6.07, 6.45) is 0.293. The Hall–Kier alpha value is -1.07. The van der Waals surface area contributed by atoms with E-state index in [0.29, 0.717) is 12.2 Å². The predicted molar refractivity (Wildman–Crippen MR) is 72.2 cm³/mol. The third-order valence-corrected chi connectivity index (χ3v) is 3.78. The van der Waals surface area contributed by atoms with Crippen LogP contribution in [0.2, 0.25) is 0 Å². The number of aromatic nitrogens is 2. The van der Waals surface area contributed by atoms with Crippen LogP contribution in [0.3, 0.4) is 0 Å². The molecule has 0 saturated heterocycles. The molecule has 0 fully saturated rings. The summed E-state index contributed by atoms with van der Waals surface area (Å²) in [4.78, 5) is 20.8. The molecule has 0 N–H and O–H groups in total. The molecule has 3 nitrogen and oxygen atoms in total. The summed E-state index contributed by atoms with van der Waals surface area (Å²) in [6.45, 7) is 3.46. The van der Waals surface area contributed by atoms with Gasteiger partial charge in [-0.15, -0.1) is 11.3 Å². The number of rotatable bonds is 3. The van der Waals surface area contributed by atoms with E-state index in [-0.39, 0.29) is 5.78 Å². The Bertz CT molecular complexity index is 565. The van der Waals surface area contributed by atoms with Gasteiger partial charge < -0.3 is 0 Å². The van der Waals surface area contributed by atoms with E-state index in [1.54, 1.807) is 18.3 Å². The van der Waals surface area contributed by atoms with Crippen LogP contribution in [0.4, 0.5) is 0 Å². The third-order valence-electron chi connectivity index (χ3n) is 2.13. The summed E-state index contributed by atoms with van der Waals surface area (Å²) >= 11 is 5.05. The molecule has 0 aliphatic rings. The van der Waals surface area contributed by atoms with E-state index in [2.05, 4.69) is 25.9 Å². The summed E-state index contributed by atoms with van der Waals surface area (Å²) in [7, 11) is 0. The number of aryl methyl sites for hydroxylation is 1. The van der Waals surface area contributed by atoms with Crippen molar-refractivity contribution in [3.63, 3.8) is 0 Å². The Morgan fingerprint density at radius 1 is 1.41 bits per heavy atom. The maximum Gasteiger partial charge on any atom is 0.137 e. The zero-order valence-corrected chi connectivity index (χ0v) is 11.9. The monoisotopic (exact) mass is 310 g/mol. The number of hydrogen-bond donors (Lipinski definition) is 0. The van der Waals surface area contributed by atoms with Gasteiger partial charge in [-0.1, -0.05) is 0 Å². The fraction of sp³-hybridized carbons (Fsp3) is 0.250. The number of thiophene rings is 1. The number of carbonyl (C=O) groups excluding carboxylic acids is 1. The van der Waals surface area contributed by atoms with Crippen molar-refractivity contribution in [2.45, 2.75) is 20.3 Å². The second-order valence-corrected chi connectivity index (χ2v) is 6.26. The van der Waals surface area contributed by atoms with E-state index in [1.165, 1.54) is 0 Å². The highest BCUT2D eigenvalue weighted by Crippen LogP contribution is 2.30. The van der Waals surface area contributed by atoms with Crippen LogP contribution in [0, 0.1) is 6.92 Å². The van der Waals surface area contributed by atoms with E-state index in [4.69, 9.17) is 0 Å². The van der Waals surface area contributed by atoms with Crippen molar-refractivity contribution in [2.24, 2.45) is 0 Å². The maximum atomic E-state index is 11.1. The molecule has 17 heavy (non-hydrogen) atoms. The van der Waals surface area contributed by atoms with Crippen LogP contribution in [0.1, 0.15) is 18.4 Å². The van der Waals surface area contributed by atoms with Gasteiger partial charge in [-0.05, 0) is 48.0 Å². The van der Waals surface area contributed by atoms with E-state index in [1.807, 2.05) is 25.1 Å². The van der Waals surface area contributed by atoms with Gasteiger partial charge >= 0.3 is 0 Å². The molecule has 0 aromatic carbocycles. The second-order valence-electron chi connectivity index (χ2n) is 3.79. The van der Waals surface area contributed by atoms with Crippen LogP contribution in [-0.4, -0.2) is 15.8 Å². The van der Waals surface area contributed by atoms with E-state index < -0.39 is 0 Å². The van der Waals surface area contributed by atoms with Crippen LogP contribution >= 0.6 is 27.3 Å². The fourth-order valence-electron chi connectivity index (χ4n) is 1.51. The number of nitrogens with zero attached hydrogens (tertiary/aromatic N) is 2. The van der Waals surface area contributed by atoms with Crippen molar-refractivity contribution in [1.29, 1.82) is 0 Å². The first-order valence-electron chi connectivity index (χ1n) is 5.14. The molecule has 0 aliphatic heterocycles. The van der Waals surface area contributed by atoms with Gasteiger partial charge in [0, 0.05) is 5.69 Å². The van der Waals surface area contributed by atoms with Gasteiger partial charge in [0.15, 0.2) is 0 Å². The highest BCUT2D eigenvalue weighted by Gasteiger charge is 2.08. The van der Waals surface area contributed by atoms with E-state index in [9.17, 15) is 4.79 Å². The summed E-state index contributed by atoms with van der Waals surface area (Å²) in [6, 6.07) is 5.93. The number of ketones is 1. The molecule has 88 valence electrons. The van der Waals surface area contributed by atoms with Crippen molar-refractivity contribution in [1.82, 2.24) is 9.97 Å². The van der Waals surface area contributed by atoms with Crippen molar-refractivity contribution >= 4 is 33.0 Å². The maximum absolute atomic E-state index is 11.1. The van der Waals surface area contributed by atoms with E-state index >= 15 is 0 Å². The minimum Gasteiger partial charge on any atom is -0.300 e. The lowest BCUT2D eigenvalue weighted by Gasteiger charge is -2.02. The molecule has 0 spiro atoms. The van der Waals surface area contributed by atoms with Crippen LogP contribution in [0.5, 0.6) is 0 Å². The van der Waals surface area contributed by atoms with Crippen LogP contribution in [0.15, 0.2) is 22.0 Å². The average Bonchev–Trinajstić information content (AvgIpc) is 2.62. The Morgan fingerprint density at radius 3 is 2.76 bits per heavy atom. The highest BCUT2D eigenvalue weighted by molar-refractivity contribution is 9.11. The van der Waals surface area contributed by atoms with Crippen molar-refractivity contribution < 1.29 is 4.79 Å². The SMILES string of the molecule is CC(=O)Cc1nc(C)cc(-c2ccc(Br)s2)n1. The Labute approximate surface area is 112 Å². The molecule has 0 unspecified atom stereocenters. The first kappa shape index (κ1) is 12.4. The standard InChI is InChI=1S/C12H11BrN2OS/c1-7-5-9(10-3-4-11(13)17-10)15-12(14-7)6-8(2)16/h3-5H,6H2,1-2H3. The van der Waals surface area contributed by atoms with Gasteiger partial charge in [0.1, 0.15) is 11.6 Å². The van der Waals surface area contributed by atoms with Gasteiger partial charge in [-0.2, -0.15) is 0 Å². The predicted octanol–water partition coefficient (Wildman–Crippen LogP) is 3.41. The normalized spacial score (nSPS) is 10.5. The highest BCUT2D eigenvalue weighted by atomic mass is 79.9. The lowest BCUT2D eigenvalue weighted by atomic mass is 10.2. The largest absolute Gasteiger partial charge is 0.300 e. The molecule has 0 bridgehead atoms. The summed E-state index contributed by atoms with van der Waals surface area (Å²) in [5.41, 5.74) is 1.76. The van der Waals surface area contributed by atoms with Crippen LogP contribution in [0.25, 0.3) is 10.6 Å². The Balaban J connectivity index is 2.41. The molecular weight excluding hydrogens is 300 g/mol. The molecule has 0 radical (unpaired) electrons. The first-order chi connectivity index (χ1) is 8.04. The topological polar surface area (TPSA) is 42.9 Å². The lowest BCUT2D eigenvalue weighted by Crippen LogP contribution is -2.04. The van der Waals surface area contributed by atoms with E-state index in [0.717, 1.165) is 20.1 Å². The van der Waals surface area contributed by atoms with Crippen LogP contribution in [-0.2, 0) is 11.2 Å². The van der Waals surface area contributed by atoms with Crippen molar-refractivity contribution in [3.8, 4) is 10.6 Å². The molecule has 0 amide bonds. The Kier molecular flexibility index (Phi) is 3.69. The number of carbonyl (C=O) groups is 1. The lowest BCUT2D eigenvalue weighted by molar-refractivity contribution is -0.116. The summed E-state index contributed by atoms with van der Waals surface area (Å²) in [5.74, 6) is 0.672. The zero-order chi connectivity index (χ0) is 12.4. The van der Waals surface area contributed by atoms with Crippen LogP contribution < -0.4 is 0 Å². The molecule has 2 aromatic heterocycles. The second kappa shape index (κ2) is 5.06. The number of halogens is 1. The quantitative estimate of drug-likeness (QED) is 0.872. The first-order valence-corrected chi connectivity index (χ1v) is 6.75. The average molecular weight is 311 g/mol. The molecule has 2 aromatic rings.